The highest BCUT2D eigenvalue weighted by Gasteiger charge is 2.22. The van der Waals surface area contributed by atoms with Gasteiger partial charge in [-0.2, -0.15) is 4.37 Å². The number of sulfone groups is 1. The number of aryl methyl sites for hydroxylation is 1. The van der Waals surface area contributed by atoms with Crippen LogP contribution in [0.2, 0.25) is 0 Å². The van der Waals surface area contributed by atoms with Crippen LogP contribution in [0, 0.1) is 0 Å². The van der Waals surface area contributed by atoms with Gasteiger partial charge in [0.2, 0.25) is 5.13 Å². The number of guanidine groups is 1. The molecular weight excluding hydrogens is 535 g/mol. The summed E-state index contributed by atoms with van der Waals surface area (Å²) in [5.74, 6) is 1.65. The van der Waals surface area contributed by atoms with Gasteiger partial charge in [-0.15, -0.1) is 24.0 Å². The summed E-state index contributed by atoms with van der Waals surface area (Å²) in [5.41, 5.74) is 0. The molecule has 8 nitrogen and oxygen atoms in total. The van der Waals surface area contributed by atoms with E-state index in [4.69, 9.17) is 0 Å². The molecule has 2 aromatic rings. The van der Waals surface area contributed by atoms with Crippen LogP contribution in [0.25, 0.3) is 0 Å². The third-order valence-corrected chi connectivity index (χ3v) is 7.21. The molecule has 0 bridgehead atoms. The highest BCUT2D eigenvalue weighted by Crippen LogP contribution is 2.19. The maximum Gasteiger partial charge on any atom is 0.205 e. The summed E-state index contributed by atoms with van der Waals surface area (Å²) in [6, 6.07) is 8.54. The molecule has 0 radical (unpaired) electrons. The van der Waals surface area contributed by atoms with Gasteiger partial charge in [0.25, 0.3) is 0 Å². The van der Waals surface area contributed by atoms with Gasteiger partial charge in [-0.25, -0.2) is 13.4 Å². The first-order valence-electron chi connectivity index (χ1n) is 9.92. The van der Waals surface area contributed by atoms with Crippen molar-refractivity contribution in [3.8, 4) is 0 Å². The lowest BCUT2D eigenvalue weighted by atomic mass is 10.3. The van der Waals surface area contributed by atoms with E-state index >= 15 is 0 Å². The van der Waals surface area contributed by atoms with Crippen molar-refractivity contribution in [2.45, 2.75) is 25.2 Å². The normalized spacial score (nSPS) is 15.1. The van der Waals surface area contributed by atoms with Gasteiger partial charge in [-0.1, -0.05) is 25.1 Å². The monoisotopic (exact) mass is 564 g/mol. The smallest absolute Gasteiger partial charge is 0.205 e. The van der Waals surface area contributed by atoms with Gasteiger partial charge in [0.15, 0.2) is 15.8 Å². The first-order chi connectivity index (χ1) is 14.0. The van der Waals surface area contributed by atoms with Crippen LogP contribution in [0.4, 0.5) is 5.13 Å². The lowest BCUT2D eigenvalue weighted by Crippen LogP contribution is -2.52. The molecule has 1 aromatic heterocycles. The summed E-state index contributed by atoms with van der Waals surface area (Å²) < 4.78 is 29.3. The van der Waals surface area contributed by atoms with Gasteiger partial charge < -0.3 is 15.1 Å². The van der Waals surface area contributed by atoms with E-state index in [0.29, 0.717) is 4.90 Å². The van der Waals surface area contributed by atoms with Crippen LogP contribution in [0.1, 0.15) is 19.7 Å². The number of nitrogens with zero attached hydrogens (tertiary/aromatic N) is 5. The lowest BCUT2D eigenvalue weighted by Gasteiger charge is -2.36. The quantitative estimate of drug-likeness (QED) is 0.314. The highest BCUT2D eigenvalue weighted by atomic mass is 127. The van der Waals surface area contributed by atoms with Crippen LogP contribution in [-0.4, -0.2) is 73.7 Å². The predicted octanol–water partition coefficient (Wildman–Crippen LogP) is 2.28. The number of hydrogen-bond donors (Lipinski definition) is 1. The molecule has 3 rings (SSSR count). The van der Waals surface area contributed by atoms with Crippen LogP contribution in [0.15, 0.2) is 40.2 Å². The molecule has 1 aliphatic heterocycles. The summed E-state index contributed by atoms with van der Waals surface area (Å²) in [5, 5.41) is 4.25. The number of nitrogens with one attached hydrogen (secondary N) is 1. The standard InChI is InChI=1S/C19H28N6O2S2.HI/c1-3-17-22-19(28-23-17)25-13-11-24(12-14-25)18(20-4-2)21-10-15-29(26,27)16-8-6-5-7-9-16;/h5-9H,3-4,10-15H2,1-2H3,(H,20,21);1H. The molecule has 0 amide bonds. The fraction of sp³-hybridized carbons (Fsp3) is 0.526. The average Bonchev–Trinajstić information content (AvgIpc) is 3.23. The summed E-state index contributed by atoms with van der Waals surface area (Å²) in [7, 11) is -3.32. The van der Waals surface area contributed by atoms with Gasteiger partial charge >= 0.3 is 0 Å². The van der Waals surface area contributed by atoms with Crippen molar-refractivity contribution in [3.05, 3.63) is 36.2 Å². The Kier molecular flexibility index (Phi) is 9.75. The van der Waals surface area contributed by atoms with Crippen LogP contribution in [0.3, 0.4) is 0 Å². The van der Waals surface area contributed by atoms with E-state index in [9.17, 15) is 8.42 Å². The molecular formula is C19H29IN6O2S2. The number of halogens is 1. The Balaban J connectivity index is 0.00000320. The first-order valence-corrected chi connectivity index (χ1v) is 12.3. The molecule has 1 aromatic carbocycles. The van der Waals surface area contributed by atoms with E-state index in [2.05, 4.69) is 36.4 Å². The van der Waals surface area contributed by atoms with E-state index in [1.54, 1.807) is 24.3 Å². The second-order valence-electron chi connectivity index (χ2n) is 6.69. The Hall–Kier alpha value is -1.47. The zero-order valence-electron chi connectivity index (χ0n) is 17.3. The second kappa shape index (κ2) is 11.8. The minimum absolute atomic E-state index is 0. The van der Waals surface area contributed by atoms with Crippen molar-refractivity contribution >= 4 is 56.4 Å². The molecule has 30 heavy (non-hydrogen) atoms. The maximum atomic E-state index is 12.5. The summed E-state index contributed by atoms with van der Waals surface area (Å²) >= 11 is 1.45. The minimum atomic E-state index is -3.32. The topological polar surface area (TPSA) is 90.8 Å². The molecule has 11 heteroatoms. The highest BCUT2D eigenvalue weighted by molar-refractivity contribution is 14.0. The molecule has 0 spiro atoms. The minimum Gasteiger partial charge on any atom is -0.357 e. The number of piperazine rings is 1. The van der Waals surface area contributed by atoms with E-state index in [-0.39, 0.29) is 36.3 Å². The van der Waals surface area contributed by atoms with E-state index in [1.807, 2.05) is 13.0 Å². The number of benzene rings is 1. The summed E-state index contributed by atoms with van der Waals surface area (Å²) in [6.45, 7) is 8.32. The molecule has 2 heterocycles. The SMILES string of the molecule is CCNC(=NCCS(=O)(=O)c1ccccc1)N1CCN(c2nc(CC)ns2)CC1.I. The molecule has 0 atom stereocenters. The van der Waals surface area contributed by atoms with Crippen molar-refractivity contribution in [2.24, 2.45) is 4.99 Å². The molecule has 1 aliphatic rings. The lowest BCUT2D eigenvalue weighted by molar-refractivity contribution is 0.372. The maximum absolute atomic E-state index is 12.5. The largest absolute Gasteiger partial charge is 0.357 e. The van der Waals surface area contributed by atoms with Crippen LogP contribution in [0.5, 0.6) is 0 Å². The van der Waals surface area contributed by atoms with Crippen LogP contribution in [-0.2, 0) is 16.3 Å². The van der Waals surface area contributed by atoms with Crippen molar-refractivity contribution in [3.63, 3.8) is 0 Å². The number of anilines is 1. The Morgan fingerprint density at radius 3 is 2.47 bits per heavy atom. The molecule has 0 aliphatic carbocycles. The number of aliphatic imine (C=N–C) groups is 1. The molecule has 1 fully saturated rings. The van der Waals surface area contributed by atoms with Crippen molar-refractivity contribution < 1.29 is 8.42 Å². The van der Waals surface area contributed by atoms with Crippen molar-refractivity contribution in [1.29, 1.82) is 0 Å². The fourth-order valence-corrected chi connectivity index (χ4v) is 5.01. The molecule has 1 saturated heterocycles. The Morgan fingerprint density at radius 1 is 1.17 bits per heavy atom. The molecule has 0 unspecified atom stereocenters. The number of rotatable bonds is 7. The third kappa shape index (κ3) is 6.51. The predicted molar refractivity (Wildman–Crippen MR) is 133 cm³/mol. The Morgan fingerprint density at radius 2 is 1.87 bits per heavy atom. The zero-order chi connectivity index (χ0) is 20.7. The van der Waals surface area contributed by atoms with Gasteiger partial charge in [-0.05, 0) is 19.1 Å². The third-order valence-electron chi connectivity index (χ3n) is 4.68. The molecule has 1 N–H and O–H groups in total. The summed E-state index contributed by atoms with van der Waals surface area (Å²) in [6.07, 6.45) is 0.847. The Labute approximate surface area is 199 Å². The van der Waals surface area contributed by atoms with E-state index in [1.165, 1.54) is 11.5 Å². The van der Waals surface area contributed by atoms with Gasteiger partial charge in [-0.3, -0.25) is 4.99 Å². The average molecular weight is 565 g/mol. The van der Waals surface area contributed by atoms with Gasteiger partial charge in [0, 0.05) is 50.7 Å². The number of hydrogen-bond acceptors (Lipinski definition) is 7. The zero-order valence-corrected chi connectivity index (χ0v) is 21.3. The van der Waals surface area contributed by atoms with Gasteiger partial charge in [0.05, 0.1) is 17.2 Å². The number of aromatic nitrogens is 2. The Bertz CT molecular complexity index is 912. The second-order valence-corrected chi connectivity index (χ2v) is 9.53. The van der Waals surface area contributed by atoms with Crippen molar-refractivity contribution in [1.82, 2.24) is 19.6 Å². The fourth-order valence-electron chi connectivity index (χ4n) is 3.07. The molecule has 166 valence electrons. The first kappa shape index (κ1) is 24.8. The van der Waals surface area contributed by atoms with Crippen LogP contribution < -0.4 is 10.2 Å². The van der Waals surface area contributed by atoms with Crippen LogP contribution >= 0.6 is 35.5 Å². The van der Waals surface area contributed by atoms with Gasteiger partial charge in [0.1, 0.15) is 5.82 Å². The van der Waals surface area contributed by atoms with E-state index in [0.717, 1.165) is 56.1 Å². The summed E-state index contributed by atoms with van der Waals surface area (Å²) in [4.78, 5) is 13.9. The van der Waals surface area contributed by atoms with E-state index < -0.39 is 9.84 Å². The van der Waals surface area contributed by atoms with Crippen molar-refractivity contribution in [2.75, 3.05) is 49.9 Å². The molecule has 0 saturated carbocycles.